The van der Waals surface area contributed by atoms with E-state index in [-0.39, 0.29) is 18.3 Å². The van der Waals surface area contributed by atoms with Gasteiger partial charge in [-0.3, -0.25) is 9.59 Å². The van der Waals surface area contributed by atoms with Gasteiger partial charge in [0.2, 0.25) is 0 Å². The SMILES string of the molecule is COC(=O)CCN(CCC1=CCCCC1)C(=O)c1ccc(C)c(C)c1. The Morgan fingerprint density at radius 3 is 2.56 bits per heavy atom. The summed E-state index contributed by atoms with van der Waals surface area (Å²) in [7, 11) is 1.38. The number of nitrogens with zero attached hydrogens (tertiary/aromatic N) is 1. The summed E-state index contributed by atoms with van der Waals surface area (Å²) >= 11 is 0. The predicted octanol–water partition coefficient (Wildman–Crippen LogP) is 4.20. The average molecular weight is 343 g/mol. The number of allylic oxidation sites excluding steroid dienone is 1. The molecule has 25 heavy (non-hydrogen) atoms. The van der Waals surface area contributed by atoms with Crippen LogP contribution in [0.3, 0.4) is 0 Å². The summed E-state index contributed by atoms with van der Waals surface area (Å²) in [5, 5.41) is 0. The molecule has 0 spiro atoms. The fourth-order valence-electron chi connectivity index (χ4n) is 3.11. The summed E-state index contributed by atoms with van der Waals surface area (Å²) in [4.78, 5) is 26.2. The third-order valence-corrected chi connectivity index (χ3v) is 4.94. The predicted molar refractivity (Wildman–Crippen MR) is 99.6 cm³/mol. The molecule has 1 aliphatic rings. The Hall–Kier alpha value is -2.10. The quantitative estimate of drug-likeness (QED) is 0.551. The van der Waals surface area contributed by atoms with Crippen LogP contribution >= 0.6 is 0 Å². The molecule has 1 aromatic carbocycles. The van der Waals surface area contributed by atoms with Crippen LogP contribution in [0, 0.1) is 13.8 Å². The minimum Gasteiger partial charge on any atom is -0.469 e. The molecular weight excluding hydrogens is 314 g/mol. The van der Waals surface area contributed by atoms with Crippen LogP contribution in [-0.2, 0) is 9.53 Å². The molecule has 136 valence electrons. The maximum absolute atomic E-state index is 12.9. The Bertz CT molecular complexity index is 649. The highest BCUT2D eigenvalue weighted by molar-refractivity contribution is 5.94. The van der Waals surface area contributed by atoms with Gasteiger partial charge in [0.05, 0.1) is 13.5 Å². The van der Waals surface area contributed by atoms with E-state index >= 15 is 0 Å². The Balaban J connectivity index is 2.08. The number of benzene rings is 1. The number of esters is 1. The van der Waals surface area contributed by atoms with E-state index < -0.39 is 0 Å². The van der Waals surface area contributed by atoms with Crippen molar-refractivity contribution in [2.45, 2.75) is 52.4 Å². The van der Waals surface area contributed by atoms with Crippen LogP contribution in [0.4, 0.5) is 0 Å². The third-order valence-electron chi connectivity index (χ3n) is 4.94. The molecule has 0 unspecified atom stereocenters. The first kappa shape index (κ1) is 19.2. The summed E-state index contributed by atoms with van der Waals surface area (Å²) < 4.78 is 4.73. The van der Waals surface area contributed by atoms with E-state index in [1.165, 1.54) is 31.1 Å². The number of carbonyl (C=O) groups excluding carboxylic acids is 2. The van der Waals surface area contributed by atoms with Gasteiger partial charge in [-0.1, -0.05) is 17.7 Å². The molecule has 0 heterocycles. The normalized spacial score (nSPS) is 14.0. The monoisotopic (exact) mass is 343 g/mol. The van der Waals surface area contributed by atoms with E-state index in [0.717, 1.165) is 24.8 Å². The number of hydrogen-bond donors (Lipinski definition) is 0. The number of methoxy groups -OCH3 is 1. The van der Waals surface area contributed by atoms with E-state index in [1.807, 2.05) is 32.0 Å². The van der Waals surface area contributed by atoms with Gasteiger partial charge in [-0.2, -0.15) is 0 Å². The molecule has 1 amide bonds. The van der Waals surface area contributed by atoms with E-state index in [9.17, 15) is 9.59 Å². The van der Waals surface area contributed by atoms with Crippen molar-refractivity contribution in [1.82, 2.24) is 4.90 Å². The van der Waals surface area contributed by atoms with Gasteiger partial charge in [-0.05, 0) is 69.2 Å². The Kier molecular flexibility index (Phi) is 7.23. The number of amides is 1. The maximum atomic E-state index is 12.9. The van der Waals surface area contributed by atoms with Gasteiger partial charge in [-0.25, -0.2) is 0 Å². The number of aryl methyl sites for hydroxylation is 2. The molecule has 0 N–H and O–H groups in total. The van der Waals surface area contributed by atoms with Crippen LogP contribution in [0.25, 0.3) is 0 Å². The fraction of sp³-hybridized carbons (Fsp3) is 0.524. The lowest BCUT2D eigenvalue weighted by molar-refractivity contribution is -0.140. The molecule has 2 rings (SSSR count). The summed E-state index contributed by atoms with van der Waals surface area (Å²) in [6.45, 7) is 5.09. The number of carbonyl (C=O) groups is 2. The van der Waals surface area contributed by atoms with Gasteiger partial charge < -0.3 is 9.64 Å². The molecule has 0 atom stereocenters. The average Bonchev–Trinajstić information content (AvgIpc) is 2.64. The summed E-state index contributed by atoms with van der Waals surface area (Å²) in [5.41, 5.74) is 4.39. The summed E-state index contributed by atoms with van der Waals surface area (Å²) in [6, 6.07) is 5.78. The van der Waals surface area contributed by atoms with Crippen molar-refractivity contribution >= 4 is 11.9 Å². The van der Waals surface area contributed by atoms with Gasteiger partial charge in [0.1, 0.15) is 0 Å². The van der Waals surface area contributed by atoms with Crippen molar-refractivity contribution in [2.75, 3.05) is 20.2 Å². The van der Waals surface area contributed by atoms with Crippen LogP contribution in [0.2, 0.25) is 0 Å². The first-order chi connectivity index (χ1) is 12.0. The molecule has 0 bridgehead atoms. The van der Waals surface area contributed by atoms with Gasteiger partial charge in [0.25, 0.3) is 5.91 Å². The standard InChI is InChI=1S/C21H29NO3/c1-16-9-10-19(15-17(16)2)21(24)22(14-12-20(23)25-3)13-11-18-7-5-4-6-8-18/h7,9-10,15H,4-6,8,11-14H2,1-3H3. The molecular formula is C21H29NO3. The minimum absolute atomic E-state index is 0.0107. The van der Waals surface area contributed by atoms with Crippen molar-refractivity contribution in [3.8, 4) is 0 Å². The first-order valence-corrected chi connectivity index (χ1v) is 9.12. The Labute approximate surface area is 150 Å². The van der Waals surface area contributed by atoms with Gasteiger partial charge in [0.15, 0.2) is 0 Å². The van der Waals surface area contributed by atoms with E-state index in [4.69, 9.17) is 4.74 Å². The molecule has 4 heteroatoms. The van der Waals surface area contributed by atoms with E-state index in [1.54, 1.807) is 4.90 Å². The van der Waals surface area contributed by atoms with Gasteiger partial charge in [0, 0.05) is 18.7 Å². The zero-order valence-corrected chi connectivity index (χ0v) is 15.6. The smallest absolute Gasteiger partial charge is 0.307 e. The van der Waals surface area contributed by atoms with Crippen LogP contribution in [0.5, 0.6) is 0 Å². The van der Waals surface area contributed by atoms with Crippen molar-refractivity contribution in [1.29, 1.82) is 0 Å². The molecule has 4 nitrogen and oxygen atoms in total. The molecule has 0 aliphatic heterocycles. The number of rotatable bonds is 7. The minimum atomic E-state index is -0.283. The highest BCUT2D eigenvalue weighted by Crippen LogP contribution is 2.21. The third kappa shape index (κ3) is 5.73. The second-order valence-corrected chi connectivity index (χ2v) is 6.78. The Morgan fingerprint density at radius 1 is 1.12 bits per heavy atom. The largest absolute Gasteiger partial charge is 0.469 e. The number of ether oxygens (including phenoxy) is 1. The lowest BCUT2D eigenvalue weighted by Gasteiger charge is -2.24. The topological polar surface area (TPSA) is 46.6 Å². The van der Waals surface area contributed by atoms with Crippen molar-refractivity contribution < 1.29 is 14.3 Å². The van der Waals surface area contributed by atoms with E-state index in [0.29, 0.717) is 18.7 Å². The zero-order chi connectivity index (χ0) is 18.2. The highest BCUT2D eigenvalue weighted by Gasteiger charge is 2.18. The van der Waals surface area contributed by atoms with Crippen LogP contribution in [0.1, 0.15) is 60.0 Å². The molecule has 0 aromatic heterocycles. The highest BCUT2D eigenvalue weighted by atomic mass is 16.5. The van der Waals surface area contributed by atoms with Crippen LogP contribution in [0.15, 0.2) is 29.8 Å². The summed E-state index contributed by atoms with van der Waals surface area (Å²) in [6.07, 6.45) is 8.19. The van der Waals surface area contributed by atoms with Crippen molar-refractivity contribution in [2.24, 2.45) is 0 Å². The van der Waals surface area contributed by atoms with Crippen molar-refractivity contribution in [3.05, 3.63) is 46.5 Å². The lowest BCUT2D eigenvalue weighted by atomic mass is 9.97. The number of hydrogen-bond acceptors (Lipinski definition) is 3. The first-order valence-electron chi connectivity index (χ1n) is 9.12. The molecule has 1 aromatic rings. The zero-order valence-electron chi connectivity index (χ0n) is 15.6. The molecule has 0 saturated heterocycles. The maximum Gasteiger partial charge on any atom is 0.307 e. The molecule has 0 fully saturated rings. The van der Waals surface area contributed by atoms with Gasteiger partial charge in [-0.15, -0.1) is 0 Å². The van der Waals surface area contributed by atoms with Gasteiger partial charge >= 0.3 is 5.97 Å². The second kappa shape index (κ2) is 9.40. The Morgan fingerprint density at radius 2 is 1.92 bits per heavy atom. The molecule has 0 saturated carbocycles. The molecule has 1 aliphatic carbocycles. The fourth-order valence-corrected chi connectivity index (χ4v) is 3.11. The van der Waals surface area contributed by atoms with E-state index in [2.05, 4.69) is 6.08 Å². The second-order valence-electron chi connectivity index (χ2n) is 6.78. The van der Waals surface area contributed by atoms with Crippen LogP contribution < -0.4 is 0 Å². The summed E-state index contributed by atoms with van der Waals surface area (Å²) in [5.74, 6) is -0.293. The van der Waals surface area contributed by atoms with Crippen molar-refractivity contribution in [3.63, 3.8) is 0 Å². The molecule has 0 radical (unpaired) electrons. The van der Waals surface area contributed by atoms with Crippen LogP contribution in [-0.4, -0.2) is 37.0 Å². The lowest BCUT2D eigenvalue weighted by Crippen LogP contribution is -2.34.